The minimum Gasteiger partial charge on any atom is -0.481 e. The predicted molar refractivity (Wildman–Crippen MR) is 140 cm³/mol. The Morgan fingerprint density at radius 2 is 1.41 bits per heavy atom. The molecule has 1 aromatic rings. The second kappa shape index (κ2) is 17.2. The third kappa shape index (κ3) is 12.9. The van der Waals surface area contributed by atoms with E-state index in [1.54, 1.807) is 30.3 Å². The molecule has 0 aromatic heterocycles. The van der Waals surface area contributed by atoms with Gasteiger partial charge in [-0.2, -0.15) is 0 Å². The zero-order valence-electron chi connectivity index (χ0n) is 22.8. The van der Waals surface area contributed by atoms with Crippen LogP contribution in [0.25, 0.3) is 0 Å². The average molecular weight is 583 g/mol. The SMILES string of the molecule is CC(C)[C@H](NC(=O)[C@H](CCC(=O)O)NC(=O)[C@H](C)NC(=O)OCc1ccccc1)C(=O)N[C@H](CC(=O)O)C(=O)CF. The van der Waals surface area contributed by atoms with Crippen molar-refractivity contribution in [2.75, 3.05) is 6.67 Å². The van der Waals surface area contributed by atoms with Gasteiger partial charge < -0.3 is 36.2 Å². The Balaban J connectivity index is 2.91. The van der Waals surface area contributed by atoms with Gasteiger partial charge in [-0.3, -0.25) is 28.8 Å². The molecule has 15 heteroatoms. The summed E-state index contributed by atoms with van der Waals surface area (Å²) in [5, 5.41) is 27.1. The van der Waals surface area contributed by atoms with Gasteiger partial charge in [-0.1, -0.05) is 44.2 Å². The lowest BCUT2D eigenvalue weighted by atomic mass is 10.0. The summed E-state index contributed by atoms with van der Waals surface area (Å²) in [7, 11) is 0. The summed E-state index contributed by atoms with van der Waals surface area (Å²) >= 11 is 0. The van der Waals surface area contributed by atoms with Crippen LogP contribution in [0.15, 0.2) is 30.3 Å². The fourth-order valence-electron chi connectivity index (χ4n) is 3.40. The molecule has 0 saturated carbocycles. The average Bonchev–Trinajstić information content (AvgIpc) is 2.91. The van der Waals surface area contributed by atoms with Crippen molar-refractivity contribution >= 4 is 41.5 Å². The molecule has 0 bridgehead atoms. The smallest absolute Gasteiger partial charge is 0.408 e. The molecule has 0 heterocycles. The van der Waals surface area contributed by atoms with Gasteiger partial charge in [0.2, 0.25) is 17.7 Å². The van der Waals surface area contributed by atoms with E-state index in [2.05, 4.69) is 21.3 Å². The van der Waals surface area contributed by atoms with Crippen molar-refractivity contribution in [1.29, 1.82) is 0 Å². The molecular formula is C26H35FN4O10. The fourth-order valence-corrected chi connectivity index (χ4v) is 3.40. The Hall–Kier alpha value is -4.56. The molecule has 4 atom stereocenters. The maximum Gasteiger partial charge on any atom is 0.408 e. The number of amides is 4. The van der Waals surface area contributed by atoms with Gasteiger partial charge >= 0.3 is 18.0 Å². The fraction of sp³-hybridized carbons (Fsp3) is 0.500. The van der Waals surface area contributed by atoms with Gasteiger partial charge in [0.05, 0.1) is 6.42 Å². The van der Waals surface area contributed by atoms with E-state index in [-0.39, 0.29) is 13.0 Å². The summed E-state index contributed by atoms with van der Waals surface area (Å²) in [6.07, 6.45) is -2.72. The van der Waals surface area contributed by atoms with Crippen LogP contribution in [-0.2, 0) is 40.1 Å². The number of Topliss-reactive ketones (excluding diaryl/α,β-unsaturated/α-hetero) is 1. The standard InChI is InChI=1S/C26H35FN4O10/c1-14(2)22(25(39)30-18(11-21(35)36)19(32)12-27)31-24(38)17(9-10-20(33)34)29-23(37)15(3)28-26(40)41-13-16-7-5-4-6-8-16/h4-8,14-15,17-18,22H,9-13H2,1-3H3,(H,28,40)(H,29,37)(H,30,39)(H,31,38)(H,33,34)(H,35,36)/t15-,17-,18+,22-/m0/s1. The highest BCUT2D eigenvalue weighted by Gasteiger charge is 2.33. The molecule has 0 unspecified atom stereocenters. The number of alkyl carbamates (subject to hydrolysis) is 1. The second-order valence-electron chi connectivity index (χ2n) is 9.41. The lowest BCUT2D eigenvalue weighted by Gasteiger charge is -2.27. The lowest BCUT2D eigenvalue weighted by molar-refractivity contribution is -0.141. The number of carbonyl (C=O) groups is 7. The van der Waals surface area contributed by atoms with Crippen LogP contribution in [0, 0.1) is 5.92 Å². The minimum atomic E-state index is -1.68. The van der Waals surface area contributed by atoms with E-state index in [4.69, 9.17) is 14.9 Å². The number of alkyl halides is 1. The largest absolute Gasteiger partial charge is 0.481 e. The van der Waals surface area contributed by atoms with Gasteiger partial charge in [-0.05, 0) is 24.8 Å². The van der Waals surface area contributed by atoms with Crippen LogP contribution >= 0.6 is 0 Å². The van der Waals surface area contributed by atoms with E-state index in [0.717, 1.165) is 0 Å². The van der Waals surface area contributed by atoms with Gasteiger partial charge in [0.15, 0.2) is 5.78 Å². The first-order valence-electron chi connectivity index (χ1n) is 12.7. The summed E-state index contributed by atoms with van der Waals surface area (Å²) in [5.41, 5.74) is 0.706. The van der Waals surface area contributed by atoms with Crippen molar-refractivity contribution in [2.24, 2.45) is 5.92 Å². The highest BCUT2D eigenvalue weighted by molar-refractivity contribution is 5.96. The first-order valence-corrected chi connectivity index (χ1v) is 12.7. The maximum absolute atomic E-state index is 13.0. The predicted octanol–water partition coefficient (Wildman–Crippen LogP) is 0.290. The topological polar surface area (TPSA) is 217 Å². The number of carboxylic acid groups (broad SMARTS) is 2. The third-order valence-corrected chi connectivity index (χ3v) is 5.68. The number of rotatable bonds is 17. The third-order valence-electron chi connectivity index (χ3n) is 5.68. The summed E-state index contributed by atoms with van der Waals surface area (Å²) in [4.78, 5) is 84.5. The van der Waals surface area contributed by atoms with Crippen LogP contribution < -0.4 is 21.3 Å². The summed E-state index contributed by atoms with van der Waals surface area (Å²) in [6, 6.07) is 3.03. The first-order chi connectivity index (χ1) is 19.2. The van der Waals surface area contributed by atoms with Gasteiger partial charge in [0, 0.05) is 6.42 Å². The van der Waals surface area contributed by atoms with Crippen LogP contribution in [0.3, 0.4) is 0 Å². The number of ether oxygens (including phenoxy) is 1. The van der Waals surface area contributed by atoms with Gasteiger partial charge in [-0.25, -0.2) is 9.18 Å². The molecule has 1 rings (SSSR count). The van der Waals surface area contributed by atoms with E-state index in [1.807, 2.05) is 0 Å². The van der Waals surface area contributed by atoms with E-state index in [1.165, 1.54) is 20.8 Å². The quantitative estimate of drug-likeness (QED) is 0.147. The first kappa shape index (κ1) is 34.5. The number of halogens is 1. The molecule has 0 saturated heterocycles. The number of hydrogen-bond acceptors (Lipinski definition) is 8. The van der Waals surface area contributed by atoms with E-state index in [0.29, 0.717) is 5.56 Å². The minimum absolute atomic E-state index is 0.0619. The second-order valence-corrected chi connectivity index (χ2v) is 9.41. The molecule has 0 fully saturated rings. The molecule has 6 N–H and O–H groups in total. The number of carbonyl (C=O) groups excluding carboxylic acids is 5. The molecule has 0 aliphatic carbocycles. The molecule has 0 spiro atoms. The molecular weight excluding hydrogens is 547 g/mol. The van der Waals surface area contributed by atoms with Crippen molar-refractivity contribution in [1.82, 2.24) is 21.3 Å². The van der Waals surface area contributed by atoms with Crippen molar-refractivity contribution < 1.29 is 52.9 Å². The Morgan fingerprint density at radius 1 is 0.805 bits per heavy atom. The molecule has 0 aliphatic rings. The van der Waals surface area contributed by atoms with Crippen molar-refractivity contribution in [3.05, 3.63) is 35.9 Å². The highest BCUT2D eigenvalue weighted by atomic mass is 19.1. The van der Waals surface area contributed by atoms with Gasteiger partial charge in [0.25, 0.3) is 0 Å². The normalized spacial score (nSPS) is 13.6. The van der Waals surface area contributed by atoms with Crippen LogP contribution in [0.2, 0.25) is 0 Å². The van der Waals surface area contributed by atoms with Crippen molar-refractivity contribution in [3.63, 3.8) is 0 Å². The van der Waals surface area contributed by atoms with Gasteiger partial charge in [-0.15, -0.1) is 0 Å². The lowest BCUT2D eigenvalue weighted by Crippen LogP contribution is -2.59. The highest BCUT2D eigenvalue weighted by Crippen LogP contribution is 2.08. The van der Waals surface area contributed by atoms with Crippen molar-refractivity contribution in [2.45, 2.75) is 70.8 Å². The molecule has 14 nitrogen and oxygen atoms in total. The monoisotopic (exact) mass is 582 g/mol. The molecule has 4 amide bonds. The summed E-state index contributed by atoms with van der Waals surface area (Å²) < 4.78 is 17.9. The Labute approximate surface area is 235 Å². The zero-order valence-corrected chi connectivity index (χ0v) is 22.8. The summed E-state index contributed by atoms with van der Waals surface area (Å²) in [5.74, 6) is -7.34. The number of nitrogens with one attached hydrogen (secondary N) is 4. The number of benzene rings is 1. The van der Waals surface area contributed by atoms with E-state index in [9.17, 15) is 38.0 Å². The molecule has 0 radical (unpaired) electrons. The number of carboxylic acids is 2. The number of aliphatic carboxylic acids is 2. The van der Waals surface area contributed by atoms with E-state index < -0.39 is 91.1 Å². The van der Waals surface area contributed by atoms with Crippen LogP contribution in [0.5, 0.6) is 0 Å². The number of hydrogen-bond donors (Lipinski definition) is 6. The van der Waals surface area contributed by atoms with Crippen molar-refractivity contribution in [3.8, 4) is 0 Å². The molecule has 0 aliphatic heterocycles. The molecule has 226 valence electrons. The summed E-state index contributed by atoms with van der Waals surface area (Å²) in [6.45, 7) is 2.76. The van der Waals surface area contributed by atoms with Crippen LogP contribution in [0.4, 0.5) is 9.18 Å². The Kier molecular flexibility index (Phi) is 14.5. The Bertz CT molecular complexity index is 1100. The van der Waals surface area contributed by atoms with Crippen LogP contribution in [-0.4, -0.2) is 82.6 Å². The zero-order chi connectivity index (χ0) is 31.1. The molecule has 1 aromatic carbocycles. The maximum atomic E-state index is 13.0. The van der Waals surface area contributed by atoms with Crippen LogP contribution in [0.1, 0.15) is 45.6 Å². The van der Waals surface area contributed by atoms with Gasteiger partial charge in [0.1, 0.15) is 37.4 Å². The molecule has 41 heavy (non-hydrogen) atoms. The Morgan fingerprint density at radius 3 is 1.95 bits per heavy atom. The number of ketones is 1. The van der Waals surface area contributed by atoms with E-state index >= 15 is 0 Å².